The molecule has 0 aliphatic carbocycles. The number of carbonyl (C=O) groups excluding carboxylic acids is 1. The molecule has 4 heteroatoms. The zero-order chi connectivity index (χ0) is 11.4. The van der Waals surface area contributed by atoms with Crippen LogP contribution in [0.1, 0.15) is 27.2 Å². The molecule has 0 aromatic carbocycles. The van der Waals surface area contributed by atoms with Gasteiger partial charge in [0.05, 0.1) is 6.04 Å². The molecule has 0 radical (unpaired) electrons. The highest BCUT2D eigenvalue weighted by Crippen LogP contribution is 2.17. The van der Waals surface area contributed by atoms with Gasteiger partial charge >= 0.3 is 0 Å². The summed E-state index contributed by atoms with van der Waals surface area (Å²) in [5.41, 5.74) is 0. The van der Waals surface area contributed by atoms with Crippen LogP contribution in [0, 0.1) is 0 Å². The fourth-order valence-electron chi connectivity index (χ4n) is 2.34. The van der Waals surface area contributed by atoms with E-state index in [0.29, 0.717) is 12.1 Å². The molecule has 15 heavy (non-hydrogen) atoms. The number of piperazine rings is 1. The molecule has 0 spiro atoms. The van der Waals surface area contributed by atoms with Crippen LogP contribution in [0.15, 0.2) is 0 Å². The van der Waals surface area contributed by atoms with Crippen molar-refractivity contribution in [1.82, 2.24) is 15.5 Å². The average Bonchev–Trinajstić information content (AvgIpc) is 2.18. The van der Waals surface area contributed by atoms with Gasteiger partial charge in [-0.25, -0.2) is 0 Å². The molecule has 1 rings (SSSR count). The van der Waals surface area contributed by atoms with Crippen molar-refractivity contribution >= 4 is 5.91 Å². The maximum atomic E-state index is 11.8. The van der Waals surface area contributed by atoms with Gasteiger partial charge < -0.3 is 10.6 Å². The Balaban J connectivity index is 2.69. The van der Waals surface area contributed by atoms with Crippen molar-refractivity contribution in [2.45, 2.75) is 45.3 Å². The number of nitrogens with one attached hydrogen (secondary N) is 2. The maximum absolute atomic E-state index is 11.8. The van der Waals surface area contributed by atoms with E-state index in [-0.39, 0.29) is 11.9 Å². The van der Waals surface area contributed by atoms with Gasteiger partial charge in [0.2, 0.25) is 5.91 Å². The summed E-state index contributed by atoms with van der Waals surface area (Å²) in [4.78, 5) is 14.1. The Labute approximate surface area is 92.4 Å². The topological polar surface area (TPSA) is 44.4 Å². The fraction of sp³-hybridized carbons (Fsp3) is 0.909. The third kappa shape index (κ3) is 2.92. The van der Waals surface area contributed by atoms with Crippen LogP contribution in [-0.4, -0.2) is 49.1 Å². The standard InChI is InChI=1S/C11H23N3O/c1-8(2)14-9(3)7-13-11(15)10(14)5-6-12-4/h8-10,12H,5-7H2,1-4H3,(H,13,15). The van der Waals surface area contributed by atoms with Crippen molar-refractivity contribution in [3.8, 4) is 0 Å². The minimum absolute atomic E-state index is 0.0289. The first-order valence-electron chi connectivity index (χ1n) is 5.77. The van der Waals surface area contributed by atoms with Crippen LogP contribution in [0.3, 0.4) is 0 Å². The number of hydrogen-bond acceptors (Lipinski definition) is 3. The number of amides is 1. The predicted molar refractivity (Wildman–Crippen MR) is 61.8 cm³/mol. The van der Waals surface area contributed by atoms with Gasteiger partial charge in [0.25, 0.3) is 0 Å². The van der Waals surface area contributed by atoms with Crippen LogP contribution in [0.5, 0.6) is 0 Å². The average molecular weight is 213 g/mol. The molecule has 1 amide bonds. The van der Waals surface area contributed by atoms with E-state index in [2.05, 4.69) is 36.3 Å². The van der Waals surface area contributed by atoms with Gasteiger partial charge in [-0.2, -0.15) is 0 Å². The number of nitrogens with zero attached hydrogens (tertiary/aromatic N) is 1. The molecule has 1 aliphatic rings. The summed E-state index contributed by atoms with van der Waals surface area (Å²) >= 11 is 0. The molecular weight excluding hydrogens is 190 g/mol. The molecule has 0 saturated carbocycles. The zero-order valence-electron chi connectivity index (χ0n) is 10.2. The SMILES string of the molecule is CNCCC1C(=O)NCC(C)N1C(C)C. The van der Waals surface area contributed by atoms with Gasteiger partial charge in [-0.1, -0.05) is 0 Å². The maximum Gasteiger partial charge on any atom is 0.237 e. The molecule has 1 saturated heterocycles. The molecular formula is C11H23N3O. The zero-order valence-corrected chi connectivity index (χ0v) is 10.2. The monoisotopic (exact) mass is 213 g/mol. The van der Waals surface area contributed by atoms with E-state index in [4.69, 9.17) is 0 Å². The van der Waals surface area contributed by atoms with Crippen molar-refractivity contribution in [2.75, 3.05) is 20.1 Å². The molecule has 88 valence electrons. The minimum Gasteiger partial charge on any atom is -0.353 e. The lowest BCUT2D eigenvalue weighted by Gasteiger charge is -2.42. The van der Waals surface area contributed by atoms with Crippen LogP contribution in [0.2, 0.25) is 0 Å². The van der Waals surface area contributed by atoms with Crippen LogP contribution < -0.4 is 10.6 Å². The summed E-state index contributed by atoms with van der Waals surface area (Å²) in [6.45, 7) is 8.13. The molecule has 2 unspecified atom stereocenters. The lowest BCUT2D eigenvalue weighted by atomic mass is 10.0. The van der Waals surface area contributed by atoms with Crippen molar-refractivity contribution in [1.29, 1.82) is 0 Å². The first-order chi connectivity index (χ1) is 7.07. The number of carbonyl (C=O) groups is 1. The summed E-state index contributed by atoms with van der Waals surface area (Å²) in [5.74, 6) is 0.178. The van der Waals surface area contributed by atoms with E-state index >= 15 is 0 Å². The molecule has 0 bridgehead atoms. The highest BCUT2D eigenvalue weighted by Gasteiger charge is 2.34. The van der Waals surface area contributed by atoms with Crippen molar-refractivity contribution in [3.63, 3.8) is 0 Å². The molecule has 2 N–H and O–H groups in total. The Morgan fingerprint density at radius 1 is 1.60 bits per heavy atom. The Bertz CT molecular complexity index is 218. The minimum atomic E-state index is 0.0289. The summed E-state index contributed by atoms with van der Waals surface area (Å²) in [5, 5.41) is 6.07. The van der Waals surface area contributed by atoms with Gasteiger partial charge in [0, 0.05) is 18.6 Å². The molecule has 2 atom stereocenters. The third-order valence-electron chi connectivity index (χ3n) is 3.01. The molecule has 1 fully saturated rings. The first-order valence-corrected chi connectivity index (χ1v) is 5.77. The Hall–Kier alpha value is -0.610. The largest absolute Gasteiger partial charge is 0.353 e. The second-order valence-electron chi connectivity index (χ2n) is 4.54. The molecule has 0 aromatic heterocycles. The number of hydrogen-bond donors (Lipinski definition) is 2. The second-order valence-corrected chi connectivity index (χ2v) is 4.54. The normalized spacial score (nSPS) is 28.2. The van der Waals surface area contributed by atoms with Crippen LogP contribution in [0.25, 0.3) is 0 Å². The molecule has 0 aromatic rings. The predicted octanol–water partition coefficient (Wildman–Crippen LogP) is 0.193. The van der Waals surface area contributed by atoms with Gasteiger partial charge in [-0.3, -0.25) is 9.69 Å². The van der Waals surface area contributed by atoms with E-state index < -0.39 is 0 Å². The fourth-order valence-corrected chi connectivity index (χ4v) is 2.34. The summed E-state index contributed by atoms with van der Waals surface area (Å²) in [7, 11) is 1.92. The lowest BCUT2D eigenvalue weighted by molar-refractivity contribution is -0.132. The van der Waals surface area contributed by atoms with Crippen LogP contribution in [-0.2, 0) is 4.79 Å². The van der Waals surface area contributed by atoms with E-state index in [1.54, 1.807) is 0 Å². The Kier molecular flexibility index (Phi) is 4.54. The summed E-state index contributed by atoms with van der Waals surface area (Å²) in [6.07, 6.45) is 0.880. The van der Waals surface area contributed by atoms with E-state index in [1.807, 2.05) is 7.05 Å². The van der Waals surface area contributed by atoms with Gasteiger partial charge in [-0.15, -0.1) is 0 Å². The lowest BCUT2D eigenvalue weighted by Crippen LogP contribution is -2.61. The van der Waals surface area contributed by atoms with Crippen LogP contribution >= 0.6 is 0 Å². The van der Waals surface area contributed by atoms with E-state index in [1.165, 1.54) is 0 Å². The molecule has 1 heterocycles. The molecule has 1 aliphatic heterocycles. The van der Waals surface area contributed by atoms with Crippen LogP contribution in [0.4, 0.5) is 0 Å². The Morgan fingerprint density at radius 3 is 2.80 bits per heavy atom. The van der Waals surface area contributed by atoms with Gasteiger partial charge in [-0.05, 0) is 40.8 Å². The summed E-state index contributed by atoms with van der Waals surface area (Å²) < 4.78 is 0. The van der Waals surface area contributed by atoms with Crippen molar-refractivity contribution in [3.05, 3.63) is 0 Å². The van der Waals surface area contributed by atoms with Gasteiger partial charge in [0.15, 0.2) is 0 Å². The summed E-state index contributed by atoms with van der Waals surface area (Å²) in [6, 6.07) is 0.888. The molecule has 4 nitrogen and oxygen atoms in total. The quantitative estimate of drug-likeness (QED) is 0.701. The first kappa shape index (κ1) is 12.5. The van der Waals surface area contributed by atoms with E-state index in [0.717, 1.165) is 19.5 Å². The van der Waals surface area contributed by atoms with E-state index in [9.17, 15) is 4.79 Å². The van der Waals surface area contributed by atoms with Gasteiger partial charge in [0.1, 0.15) is 0 Å². The highest BCUT2D eigenvalue weighted by molar-refractivity contribution is 5.82. The third-order valence-corrected chi connectivity index (χ3v) is 3.01. The highest BCUT2D eigenvalue weighted by atomic mass is 16.2. The second kappa shape index (κ2) is 5.47. The Morgan fingerprint density at radius 2 is 2.27 bits per heavy atom. The smallest absolute Gasteiger partial charge is 0.237 e. The van der Waals surface area contributed by atoms with Crippen molar-refractivity contribution in [2.24, 2.45) is 0 Å². The van der Waals surface area contributed by atoms with Crippen molar-refractivity contribution < 1.29 is 4.79 Å². The number of rotatable bonds is 4.